The van der Waals surface area contributed by atoms with Crippen LogP contribution in [-0.2, 0) is 0 Å². The second-order valence-electron chi connectivity index (χ2n) is 0. The molecule has 2 heteroatoms. The van der Waals surface area contributed by atoms with Crippen LogP contribution in [0.25, 0.3) is 0 Å². The van der Waals surface area contributed by atoms with Gasteiger partial charge in [0, 0.05) is 0 Å². The lowest BCUT2D eigenvalue weighted by molar-refractivity contribution is 2.13. The zero-order valence-electron chi connectivity index (χ0n) is 1.41. The molecule has 6 N–H and O–H groups in total. The highest BCUT2D eigenvalue weighted by atomic mass is 14.0. The molecule has 0 heterocycles. The van der Waals surface area contributed by atoms with E-state index in [2.05, 4.69) is 0 Å². The summed E-state index contributed by atoms with van der Waals surface area (Å²) in [5.74, 6) is 0. The lowest BCUT2D eigenvalue weighted by atomic mass is 12.0. The van der Waals surface area contributed by atoms with Crippen LogP contribution in [-0.4, -0.2) is 0 Å². The molecule has 0 aliphatic carbocycles. The maximum absolute atomic E-state index is 0. The predicted octanol–water partition coefficient (Wildman–Crippen LogP) is 5.41. The first-order chi connectivity index (χ1) is 0. The van der Waals surface area contributed by atoms with Crippen molar-refractivity contribution in [3.8, 4) is 0 Å². The average molecular weight is 162 g/mol. The van der Waals surface area contributed by atoms with Crippen molar-refractivity contribution in [1.82, 2.24) is 12.3 Å². The minimum Gasteiger partial charge on any atom is -0.344 e. The summed E-state index contributed by atoms with van der Waals surface area (Å²) in [5, 5.41) is 0. The molecule has 0 amide bonds. The van der Waals surface area contributed by atoms with Gasteiger partial charge in [0.25, 0.3) is 0 Å². The Morgan fingerprint density at radius 1 is 0.200 bits per heavy atom. The summed E-state index contributed by atoms with van der Waals surface area (Å²) in [6.07, 6.45) is 0. The highest BCUT2D eigenvalue weighted by Crippen LogP contribution is 0.151. The molecule has 0 rings (SSSR count). The first kappa shape index (κ1) is 123000. The number of hydrogen-bond acceptors (Lipinski definition) is 2. The third kappa shape index (κ3) is 59300. The normalized spacial score (nSPS) is 0. The summed E-state index contributed by atoms with van der Waals surface area (Å²) < 4.78 is 0. The van der Waals surface area contributed by atoms with Gasteiger partial charge in [-0.25, -0.2) is 0 Å². The quantitative estimate of drug-likeness (QED) is 0.500. The van der Waals surface area contributed by atoms with E-state index >= 15 is 0 Å². The highest BCUT2D eigenvalue weighted by molar-refractivity contribution is 2.51. The lowest BCUT2D eigenvalue weighted by Crippen LogP contribution is -0.482. The molecule has 0 unspecified atom stereocenters. The van der Waals surface area contributed by atoms with Crippen LogP contribution in [0.15, 0.2) is 0 Å². The van der Waals surface area contributed by atoms with Crippen LogP contribution >= 0.6 is 0 Å². The van der Waals surface area contributed by atoms with Crippen LogP contribution in [0, 0.1) is 0 Å². The third-order valence-corrected chi connectivity index (χ3v) is 0. The monoisotopic (exact) mass is 162 g/mol. The summed E-state index contributed by atoms with van der Waals surface area (Å²) >= 11 is 0. The minimum absolute atomic E-state index is 0. The van der Waals surface area contributed by atoms with Crippen LogP contribution in [0.5, 0.6) is 0 Å². The third-order valence-electron chi connectivity index (χ3n) is 0. The van der Waals surface area contributed by atoms with Gasteiger partial charge in [-0.2, -0.15) is 0 Å². The van der Waals surface area contributed by atoms with E-state index < -0.39 is 0 Å². The summed E-state index contributed by atoms with van der Waals surface area (Å²) in [4.78, 5) is 0. The Balaban J connectivity index is 0. The van der Waals surface area contributed by atoms with Crippen LogP contribution in [0.1, 0.15) is 59.4 Å². The van der Waals surface area contributed by atoms with Crippen molar-refractivity contribution in [2.75, 3.05) is 0 Å². The molecule has 10 heavy (non-hydrogen) atoms. The minimum atomic E-state index is 0. The second kappa shape index (κ2) is 87400. The molecule has 0 aromatic heterocycles. The molecule has 0 aromatic rings. The van der Waals surface area contributed by atoms with Crippen molar-refractivity contribution >= 4 is 0 Å². The van der Waals surface area contributed by atoms with Crippen LogP contribution in [0.3, 0.4) is 0 Å². The zero-order valence-corrected chi connectivity index (χ0v) is 1.41. The second-order valence-corrected chi connectivity index (χ2v) is 0. The highest BCUT2D eigenvalue weighted by Gasteiger charge is -0.0705. The van der Waals surface area contributed by atoms with Gasteiger partial charge in [-0.1, -0.05) is 59.4 Å². The summed E-state index contributed by atoms with van der Waals surface area (Å²) in [5.41, 5.74) is 0. The van der Waals surface area contributed by atoms with E-state index in [1.54, 1.807) is 0 Å². The summed E-state index contributed by atoms with van der Waals surface area (Å²) in [6, 6.07) is 0. The molecule has 0 atom stereocenters. The molecular weight excluding hydrogens is 124 g/mol. The first-order valence-electron chi connectivity index (χ1n) is 0. The van der Waals surface area contributed by atoms with Gasteiger partial charge >= 0.3 is 0 Å². The van der Waals surface area contributed by atoms with Gasteiger partial charge in [0.15, 0.2) is 0 Å². The zero-order chi connectivity index (χ0) is 0. The molecule has 0 bridgehead atoms. The molecule has 0 aromatic carbocycles. The van der Waals surface area contributed by atoms with Crippen LogP contribution in [0.4, 0.5) is 0 Å². The van der Waals surface area contributed by atoms with Crippen molar-refractivity contribution in [3.63, 3.8) is 0 Å². The molecule has 0 saturated heterocycles. The Hall–Kier alpha value is -0.0800. The van der Waals surface area contributed by atoms with E-state index in [9.17, 15) is 0 Å². The van der Waals surface area contributed by atoms with E-state index in [1.165, 1.54) is 0 Å². The molecule has 0 spiro atoms. The van der Waals surface area contributed by atoms with Gasteiger partial charge in [-0.05, 0) is 0 Å². The predicted molar refractivity (Wildman–Crippen MR) is 63.9 cm³/mol. The largest absolute Gasteiger partial charge is 0.344 e. The number of hydrogen-bond donors (Lipinski definition) is 2. The maximum Gasteiger partial charge on any atom is -0.0776 e. The van der Waals surface area contributed by atoms with Crippen molar-refractivity contribution in [3.05, 3.63) is 0 Å². The van der Waals surface area contributed by atoms with Crippen molar-refractivity contribution in [2.24, 2.45) is 0 Å². The Morgan fingerprint density at radius 2 is 0.200 bits per heavy atom. The first-order valence-corrected chi connectivity index (χ1v) is 0. The van der Waals surface area contributed by atoms with Crippen LogP contribution in [0.2, 0.25) is 0 Å². The van der Waals surface area contributed by atoms with Gasteiger partial charge in [-0.3, -0.25) is 0 Å². The van der Waals surface area contributed by atoms with E-state index in [0.717, 1.165) is 0 Å². The maximum atomic E-state index is 0. The number of rotatable bonds is 0. The van der Waals surface area contributed by atoms with Gasteiger partial charge in [0.2, 0.25) is 0 Å². The summed E-state index contributed by atoms with van der Waals surface area (Å²) in [6.45, 7) is 0. The smallest absolute Gasteiger partial charge is 0.0776 e. The van der Waals surface area contributed by atoms with Gasteiger partial charge in [0.05, 0.1) is 0 Å². The van der Waals surface area contributed by atoms with E-state index in [-0.39, 0.29) is 71.7 Å². The van der Waals surface area contributed by atoms with E-state index in [0.29, 0.717) is 0 Å². The molecule has 0 fully saturated rings. The van der Waals surface area contributed by atoms with E-state index in [4.69, 9.17) is 0 Å². The molecule has 0 aliphatic rings. The average Bonchev–Trinajstić information content (AvgIpc) is 0. The van der Waals surface area contributed by atoms with Gasteiger partial charge in [0.1, 0.15) is 0 Å². The summed E-state index contributed by atoms with van der Waals surface area (Å²) in [7, 11) is 0. The molecule has 0 radical (unpaired) electrons. The molecule has 0 saturated carbocycles. The van der Waals surface area contributed by atoms with Crippen molar-refractivity contribution in [1.29, 1.82) is 0 Å². The SMILES string of the molecule is C.C.C.C.C.C.C.C.N.N. The molecular formula is C8H38N2. The fraction of sp³-hybridized carbons (Fsp3) is 1.00. The van der Waals surface area contributed by atoms with Gasteiger partial charge in [-0.15, -0.1) is 0 Å². The Labute approximate surface area is 72.6 Å². The lowest BCUT2D eigenvalue weighted by Gasteiger charge is -0.345. The molecule has 80 valence electrons. The fourth-order valence-electron chi connectivity index (χ4n) is 0. The van der Waals surface area contributed by atoms with Gasteiger partial charge < -0.3 is 12.3 Å². The van der Waals surface area contributed by atoms with E-state index in [1.807, 2.05) is 0 Å². The Morgan fingerprint density at radius 3 is 0.200 bits per heavy atom. The standard InChI is InChI=1S/8CH4.2H3N/h8*1H4;2*1H3. The fourth-order valence-corrected chi connectivity index (χ4v) is 0. The topological polar surface area (TPSA) is 70.0 Å². The van der Waals surface area contributed by atoms with Crippen molar-refractivity contribution < 1.29 is 0 Å². The van der Waals surface area contributed by atoms with Crippen LogP contribution < -0.4 is 12.3 Å². The Bertz CT molecular complexity index is 7.22. The van der Waals surface area contributed by atoms with Crippen molar-refractivity contribution in [2.45, 2.75) is 59.4 Å². The Kier molecular flexibility index (Phi) is 1080000000. The molecule has 0 aliphatic heterocycles. The molecule has 2 nitrogen and oxygen atoms in total.